The van der Waals surface area contributed by atoms with Gasteiger partial charge in [-0.25, -0.2) is 8.42 Å². The van der Waals surface area contributed by atoms with Gasteiger partial charge in [0.05, 0.1) is 18.6 Å². The molecule has 3 aromatic carbocycles. The van der Waals surface area contributed by atoms with Crippen molar-refractivity contribution in [3.05, 3.63) is 82.3 Å². The number of amides is 1. The first-order chi connectivity index (χ1) is 17.2. The van der Waals surface area contributed by atoms with Crippen molar-refractivity contribution in [3.63, 3.8) is 0 Å². The lowest BCUT2D eigenvalue weighted by molar-refractivity contribution is -0.140. The number of hydrogen-bond donors (Lipinski definition) is 0. The number of ether oxygens (including phenoxy) is 2. The number of methoxy groups -OCH3 is 1. The molecular weight excluding hydrogens is 521 g/mol. The number of halogens is 2. The molecule has 2 unspecified atom stereocenters. The summed E-state index contributed by atoms with van der Waals surface area (Å²) < 4.78 is 35.7. The van der Waals surface area contributed by atoms with E-state index < -0.39 is 22.0 Å². The van der Waals surface area contributed by atoms with Gasteiger partial charge in [0.2, 0.25) is 0 Å². The van der Waals surface area contributed by atoms with Crippen LogP contribution in [0.3, 0.4) is 0 Å². The van der Waals surface area contributed by atoms with Crippen LogP contribution in [-0.2, 0) is 21.2 Å². The lowest BCUT2D eigenvalue weighted by Crippen LogP contribution is -2.46. The lowest BCUT2D eigenvalue weighted by Gasteiger charge is -2.31. The molecule has 0 radical (unpaired) electrons. The molecule has 1 fully saturated rings. The molecule has 36 heavy (non-hydrogen) atoms. The first kappa shape index (κ1) is 26.3. The molecule has 1 amide bonds. The third kappa shape index (κ3) is 6.14. The number of sulfone groups is 1. The van der Waals surface area contributed by atoms with Gasteiger partial charge in [0.15, 0.2) is 27.4 Å². The van der Waals surface area contributed by atoms with Crippen molar-refractivity contribution in [1.29, 1.82) is 0 Å². The molecule has 2 atom stereocenters. The van der Waals surface area contributed by atoms with Gasteiger partial charge in [-0.3, -0.25) is 4.79 Å². The number of carbonyl (C=O) groups is 1. The molecule has 0 spiro atoms. The first-order valence-electron chi connectivity index (χ1n) is 11.5. The predicted octanol–water partition coefficient (Wildman–Crippen LogP) is 5.65. The molecule has 1 saturated heterocycles. The fourth-order valence-electron chi connectivity index (χ4n) is 4.31. The maximum absolute atomic E-state index is 13.5. The standard InChI is InChI=1S/C27H27Cl2NO5S/c1-18(35-26-6-4-3-5-25(26)34-2)27(31)30(22-13-14-36(32,33)17-22)16-19-7-9-20(10-8-19)23-12-11-21(28)15-24(23)29/h3-12,15,18,22H,13-14,16-17H2,1-2H3. The molecule has 4 rings (SSSR count). The van der Waals surface area contributed by atoms with Gasteiger partial charge in [-0.05, 0) is 48.7 Å². The van der Waals surface area contributed by atoms with E-state index in [0.29, 0.717) is 28.0 Å². The SMILES string of the molecule is COc1ccccc1OC(C)C(=O)N(Cc1ccc(-c2ccc(Cl)cc2Cl)cc1)C1CCS(=O)(=O)C1. The third-order valence-corrected chi connectivity index (χ3v) is 8.50. The number of carbonyl (C=O) groups excluding carboxylic acids is 1. The Balaban J connectivity index is 1.56. The summed E-state index contributed by atoms with van der Waals surface area (Å²) >= 11 is 12.4. The largest absolute Gasteiger partial charge is 0.493 e. The van der Waals surface area contributed by atoms with Crippen molar-refractivity contribution >= 4 is 38.9 Å². The fourth-order valence-corrected chi connectivity index (χ4v) is 6.56. The topological polar surface area (TPSA) is 72.9 Å². The zero-order valence-corrected chi connectivity index (χ0v) is 22.3. The van der Waals surface area contributed by atoms with Gasteiger partial charge in [-0.1, -0.05) is 65.7 Å². The van der Waals surface area contributed by atoms with Gasteiger partial charge in [0.25, 0.3) is 5.91 Å². The van der Waals surface area contributed by atoms with Crippen molar-refractivity contribution in [1.82, 2.24) is 4.90 Å². The lowest BCUT2D eigenvalue weighted by atomic mass is 10.0. The minimum Gasteiger partial charge on any atom is -0.493 e. The third-order valence-electron chi connectivity index (χ3n) is 6.20. The van der Waals surface area contributed by atoms with E-state index in [0.717, 1.165) is 16.7 Å². The number of rotatable bonds is 8. The van der Waals surface area contributed by atoms with Crippen molar-refractivity contribution in [3.8, 4) is 22.6 Å². The summed E-state index contributed by atoms with van der Waals surface area (Å²) in [6.07, 6.45) is -0.440. The highest BCUT2D eigenvalue weighted by atomic mass is 35.5. The van der Waals surface area contributed by atoms with E-state index in [9.17, 15) is 13.2 Å². The van der Waals surface area contributed by atoms with Crippen LogP contribution in [0.5, 0.6) is 11.5 Å². The fraction of sp³-hybridized carbons (Fsp3) is 0.296. The molecule has 190 valence electrons. The van der Waals surface area contributed by atoms with E-state index in [1.165, 1.54) is 7.11 Å². The number of nitrogens with zero attached hydrogens (tertiary/aromatic N) is 1. The Labute approximate surface area is 221 Å². The molecule has 9 heteroatoms. The summed E-state index contributed by atoms with van der Waals surface area (Å²) in [6, 6.07) is 19.7. The monoisotopic (exact) mass is 547 g/mol. The minimum atomic E-state index is -3.19. The van der Waals surface area contributed by atoms with Gasteiger partial charge in [0.1, 0.15) is 0 Å². The summed E-state index contributed by atoms with van der Waals surface area (Å²) in [5.74, 6) is 0.691. The molecule has 0 bridgehead atoms. The van der Waals surface area contributed by atoms with Crippen molar-refractivity contribution in [2.75, 3.05) is 18.6 Å². The smallest absolute Gasteiger partial charge is 0.263 e. The Bertz CT molecular complexity index is 1340. The van der Waals surface area contributed by atoms with Gasteiger partial charge < -0.3 is 14.4 Å². The van der Waals surface area contributed by atoms with Crippen molar-refractivity contribution < 1.29 is 22.7 Å². The highest BCUT2D eigenvalue weighted by molar-refractivity contribution is 7.91. The average molecular weight is 548 g/mol. The first-order valence-corrected chi connectivity index (χ1v) is 14.1. The second-order valence-corrected chi connectivity index (χ2v) is 11.8. The molecular formula is C27H27Cl2NO5S. The van der Waals surface area contributed by atoms with Crippen LogP contribution in [0.2, 0.25) is 10.0 Å². The highest BCUT2D eigenvalue weighted by Gasteiger charge is 2.36. The van der Waals surface area contributed by atoms with Crippen LogP contribution < -0.4 is 9.47 Å². The Hall–Kier alpha value is -2.74. The van der Waals surface area contributed by atoms with Crippen LogP contribution in [0.1, 0.15) is 18.9 Å². The molecule has 1 aliphatic heterocycles. The Morgan fingerprint density at radius 1 is 1.06 bits per heavy atom. The molecule has 0 saturated carbocycles. The van der Waals surface area contributed by atoms with E-state index in [1.54, 1.807) is 42.2 Å². The zero-order chi connectivity index (χ0) is 25.9. The summed E-state index contributed by atoms with van der Waals surface area (Å²) in [5, 5.41) is 1.11. The maximum Gasteiger partial charge on any atom is 0.263 e. The second-order valence-electron chi connectivity index (χ2n) is 8.76. The summed E-state index contributed by atoms with van der Waals surface area (Å²) in [5.41, 5.74) is 2.63. The molecule has 0 N–H and O–H groups in total. The van der Waals surface area contributed by atoms with Crippen LogP contribution >= 0.6 is 23.2 Å². The van der Waals surface area contributed by atoms with Crippen LogP contribution in [0.25, 0.3) is 11.1 Å². The minimum absolute atomic E-state index is 0.0570. The van der Waals surface area contributed by atoms with Crippen molar-refractivity contribution in [2.24, 2.45) is 0 Å². The predicted molar refractivity (Wildman–Crippen MR) is 143 cm³/mol. The maximum atomic E-state index is 13.5. The average Bonchev–Trinajstić information content (AvgIpc) is 3.22. The van der Waals surface area contributed by atoms with Gasteiger partial charge in [-0.15, -0.1) is 0 Å². The number of para-hydroxylation sites is 2. The number of hydrogen-bond acceptors (Lipinski definition) is 5. The summed E-state index contributed by atoms with van der Waals surface area (Å²) in [4.78, 5) is 15.2. The Morgan fingerprint density at radius 2 is 1.75 bits per heavy atom. The molecule has 0 aromatic heterocycles. The summed E-state index contributed by atoms with van der Waals surface area (Å²) in [6.45, 7) is 1.92. The van der Waals surface area contributed by atoms with E-state index in [1.807, 2.05) is 36.4 Å². The second kappa shape index (κ2) is 11.1. The quantitative estimate of drug-likeness (QED) is 0.364. The van der Waals surface area contributed by atoms with Gasteiger partial charge in [-0.2, -0.15) is 0 Å². The van der Waals surface area contributed by atoms with Crippen molar-refractivity contribution in [2.45, 2.75) is 32.0 Å². The van der Waals surface area contributed by atoms with Gasteiger partial charge >= 0.3 is 0 Å². The van der Waals surface area contributed by atoms with E-state index in [2.05, 4.69) is 0 Å². The highest BCUT2D eigenvalue weighted by Crippen LogP contribution is 2.31. The van der Waals surface area contributed by atoms with Crippen LogP contribution in [0, 0.1) is 0 Å². The van der Waals surface area contributed by atoms with E-state index in [-0.39, 0.29) is 24.0 Å². The Kier molecular flexibility index (Phi) is 8.13. The Morgan fingerprint density at radius 3 is 2.36 bits per heavy atom. The normalized spacial score (nSPS) is 17.4. The van der Waals surface area contributed by atoms with Crippen LogP contribution in [0.4, 0.5) is 0 Å². The van der Waals surface area contributed by atoms with E-state index in [4.69, 9.17) is 32.7 Å². The molecule has 1 heterocycles. The number of benzene rings is 3. The van der Waals surface area contributed by atoms with E-state index >= 15 is 0 Å². The summed E-state index contributed by atoms with van der Waals surface area (Å²) in [7, 11) is -1.66. The molecule has 6 nitrogen and oxygen atoms in total. The zero-order valence-electron chi connectivity index (χ0n) is 20.0. The molecule has 1 aliphatic rings. The van der Waals surface area contributed by atoms with Crippen LogP contribution in [-0.4, -0.2) is 50.0 Å². The van der Waals surface area contributed by atoms with Gasteiger partial charge in [0, 0.05) is 28.2 Å². The van der Waals surface area contributed by atoms with Crippen LogP contribution in [0.15, 0.2) is 66.7 Å². The molecule has 0 aliphatic carbocycles. The molecule has 3 aromatic rings.